The summed E-state index contributed by atoms with van der Waals surface area (Å²) in [7, 11) is 0. The quantitative estimate of drug-likeness (QED) is 0.0905. The maximum atomic E-state index is 13.2. The van der Waals surface area contributed by atoms with E-state index in [1.807, 2.05) is 0 Å². The Labute approximate surface area is 225 Å². The van der Waals surface area contributed by atoms with Gasteiger partial charge >= 0.3 is 11.9 Å². The minimum atomic E-state index is -0.375. The van der Waals surface area contributed by atoms with E-state index >= 15 is 0 Å². The zero-order valence-electron chi connectivity index (χ0n) is 25.1. The summed E-state index contributed by atoms with van der Waals surface area (Å²) in [5, 5.41) is 0. The van der Waals surface area contributed by atoms with Gasteiger partial charge in [0, 0.05) is 6.42 Å². The van der Waals surface area contributed by atoms with Crippen molar-refractivity contribution < 1.29 is 19.1 Å². The number of hydrogen-bond donors (Lipinski definition) is 0. The van der Waals surface area contributed by atoms with E-state index < -0.39 is 0 Å². The summed E-state index contributed by atoms with van der Waals surface area (Å²) >= 11 is 0. The minimum Gasteiger partial charge on any atom is -0.466 e. The maximum Gasteiger partial charge on any atom is 0.312 e. The largest absolute Gasteiger partial charge is 0.466 e. The van der Waals surface area contributed by atoms with Crippen LogP contribution < -0.4 is 0 Å². The third kappa shape index (κ3) is 15.9. The van der Waals surface area contributed by atoms with Crippen molar-refractivity contribution in [3.05, 3.63) is 0 Å². The molecule has 0 aromatic heterocycles. The highest BCUT2D eigenvalue weighted by molar-refractivity contribution is 5.77. The van der Waals surface area contributed by atoms with Gasteiger partial charge in [-0.1, -0.05) is 131 Å². The van der Waals surface area contributed by atoms with Gasteiger partial charge in [0.2, 0.25) is 0 Å². The normalized spacial score (nSPS) is 11.9. The summed E-state index contributed by atoms with van der Waals surface area (Å²) < 4.78 is 11.2. The zero-order valence-corrected chi connectivity index (χ0v) is 25.1. The van der Waals surface area contributed by atoms with Gasteiger partial charge in [-0.15, -0.1) is 0 Å². The van der Waals surface area contributed by atoms with Crippen molar-refractivity contribution >= 4 is 11.9 Å². The third-order valence-corrected chi connectivity index (χ3v) is 7.90. The molecule has 0 aliphatic carbocycles. The summed E-state index contributed by atoms with van der Waals surface area (Å²) in [6.45, 7) is 14.3. The first kappa shape index (κ1) is 34.9. The van der Waals surface area contributed by atoms with Crippen LogP contribution in [0.3, 0.4) is 0 Å². The number of unbranched alkanes of at least 4 members (excludes halogenated alkanes) is 14. The first-order chi connectivity index (χ1) is 17.3. The number of hydrogen-bond acceptors (Lipinski definition) is 4. The lowest BCUT2D eigenvalue weighted by molar-refractivity contribution is -0.164. The van der Waals surface area contributed by atoms with E-state index in [2.05, 4.69) is 41.5 Å². The Morgan fingerprint density at radius 2 is 0.972 bits per heavy atom. The predicted molar refractivity (Wildman–Crippen MR) is 153 cm³/mol. The highest BCUT2D eigenvalue weighted by atomic mass is 16.5. The molecule has 0 aromatic rings. The number of carbonyl (C=O) groups is 2. The van der Waals surface area contributed by atoms with Gasteiger partial charge in [-0.3, -0.25) is 9.59 Å². The molecular weight excluding hydrogens is 448 g/mol. The molecule has 0 saturated carbocycles. The Kier molecular flexibility index (Phi) is 22.4. The molecule has 0 fully saturated rings. The van der Waals surface area contributed by atoms with Gasteiger partial charge < -0.3 is 9.47 Å². The van der Waals surface area contributed by atoms with Gasteiger partial charge in [0.15, 0.2) is 0 Å². The highest BCUT2D eigenvalue weighted by Crippen LogP contribution is 2.42. The molecule has 0 aliphatic rings. The van der Waals surface area contributed by atoms with Gasteiger partial charge in [-0.25, -0.2) is 0 Å². The summed E-state index contributed by atoms with van der Waals surface area (Å²) in [5.74, 6) is 0.551. The van der Waals surface area contributed by atoms with E-state index in [1.54, 1.807) is 0 Å². The average molecular weight is 511 g/mol. The van der Waals surface area contributed by atoms with Crippen molar-refractivity contribution in [2.24, 2.45) is 17.3 Å². The second-order valence-corrected chi connectivity index (χ2v) is 11.5. The molecule has 0 heterocycles. The lowest BCUT2D eigenvalue weighted by Crippen LogP contribution is -2.42. The first-order valence-electron chi connectivity index (χ1n) is 15.7. The van der Waals surface area contributed by atoms with Crippen LogP contribution in [0.1, 0.15) is 164 Å². The monoisotopic (exact) mass is 510 g/mol. The van der Waals surface area contributed by atoms with E-state index in [0.717, 1.165) is 57.8 Å². The predicted octanol–water partition coefficient (Wildman–Crippen LogP) is 9.82. The van der Waals surface area contributed by atoms with Crippen molar-refractivity contribution in [1.29, 1.82) is 0 Å². The van der Waals surface area contributed by atoms with Crippen LogP contribution in [0.4, 0.5) is 0 Å². The van der Waals surface area contributed by atoms with Crippen molar-refractivity contribution in [2.75, 3.05) is 13.2 Å². The first-order valence-corrected chi connectivity index (χ1v) is 15.7. The molecule has 0 radical (unpaired) electrons. The van der Waals surface area contributed by atoms with E-state index in [0.29, 0.717) is 19.6 Å². The molecule has 0 amide bonds. The Morgan fingerprint density at radius 3 is 1.47 bits per heavy atom. The molecule has 0 rings (SSSR count). The van der Waals surface area contributed by atoms with Gasteiger partial charge in [0.25, 0.3) is 0 Å². The van der Waals surface area contributed by atoms with Crippen LogP contribution >= 0.6 is 0 Å². The van der Waals surface area contributed by atoms with E-state index in [9.17, 15) is 9.59 Å². The molecule has 0 bridgehead atoms. The van der Waals surface area contributed by atoms with Crippen molar-refractivity contribution in [1.82, 2.24) is 0 Å². The molecule has 0 atom stereocenters. The van der Waals surface area contributed by atoms with Crippen LogP contribution in [-0.4, -0.2) is 25.2 Å². The van der Waals surface area contributed by atoms with Crippen LogP contribution in [0, 0.1) is 17.3 Å². The van der Waals surface area contributed by atoms with E-state index in [4.69, 9.17) is 9.47 Å². The maximum absolute atomic E-state index is 13.2. The fraction of sp³-hybridized carbons (Fsp3) is 0.938. The van der Waals surface area contributed by atoms with Crippen LogP contribution in [-0.2, 0) is 19.1 Å². The molecule has 4 heteroatoms. The topological polar surface area (TPSA) is 52.6 Å². The molecule has 4 nitrogen and oxygen atoms in total. The third-order valence-electron chi connectivity index (χ3n) is 7.90. The number of ether oxygens (including phenoxy) is 2. The summed E-state index contributed by atoms with van der Waals surface area (Å²) in [6, 6.07) is 0. The SMILES string of the molecule is CCCCCCCOC(=O)CCCCCCCCCC(C(=O)OCCCCCCC)(C(C)C)C(C)C. The van der Waals surface area contributed by atoms with E-state index in [1.165, 1.54) is 57.8 Å². The second-order valence-electron chi connectivity index (χ2n) is 11.5. The molecule has 36 heavy (non-hydrogen) atoms. The van der Waals surface area contributed by atoms with Crippen molar-refractivity contribution in [3.8, 4) is 0 Å². The molecule has 0 aliphatic heterocycles. The molecule has 0 aromatic carbocycles. The number of rotatable bonds is 25. The highest BCUT2D eigenvalue weighted by Gasteiger charge is 2.45. The van der Waals surface area contributed by atoms with Gasteiger partial charge in [-0.05, 0) is 37.5 Å². The fourth-order valence-corrected chi connectivity index (χ4v) is 5.36. The average Bonchev–Trinajstić information content (AvgIpc) is 2.84. The van der Waals surface area contributed by atoms with Crippen LogP contribution in [0.5, 0.6) is 0 Å². The Morgan fingerprint density at radius 1 is 0.556 bits per heavy atom. The van der Waals surface area contributed by atoms with Crippen molar-refractivity contribution in [3.63, 3.8) is 0 Å². The van der Waals surface area contributed by atoms with Crippen LogP contribution in [0.2, 0.25) is 0 Å². The summed E-state index contributed by atoms with van der Waals surface area (Å²) in [5.41, 5.74) is -0.375. The lowest BCUT2D eigenvalue weighted by Gasteiger charge is -2.39. The smallest absolute Gasteiger partial charge is 0.312 e. The molecule has 0 saturated heterocycles. The van der Waals surface area contributed by atoms with Crippen LogP contribution in [0.15, 0.2) is 0 Å². The van der Waals surface area contributed by atoms with Gasteiger partial charge in [-0.2, -0.15) is 0 Å². The number of esters is 2. The molecule has 214 valence electrons. The molecule has 0 spiro atoms. The molecule has 0 unspecified atom stereocenters. The van der Waals surface area contributed by atoms with Crippen LogP contribution in [0.25, 0.3) is 0 Å². The lowest BCUT2D eigenvalue weighted by atomic mass is 9.66. The molecular formula is C32H62O4. The Hall–Kier alpha value is -1.06. The number of carbonyl (C=O) groups excluding carboxylic acids is 2. The van der Waals surface area contributed by atoms with E-state index in [-0.39, 0.29) is 29.2 Å². The van der Waals surface area contributed by atoms with Gasteiger partial charge in [0.1, 0.15) is 0 Å². The minimum absolute atomic E-state index is 0.0239. The van der Waals surface area contributed by atoms with Gasteiger partial charge in [0.05, 0.1) is 18.6 Å². The van der Waals surface area contributed by atoms with Crippen molar-refractivity contribution in [2.45, 2.75) is 164 Å². The Balaban J connectivity index is 4.06. The fourth-order valence-electron chi connectivity index (χ4n) is 5.36. The second kappa shape index (κ2) is 23.1. The summed E-state index contributed by atoms with van der Waals surface area (Å²) in [4.78, 5) is 25.0. The Bertz CT molecular complexity index is 518. The zero-order chi connectivity index (χ0) is 27.1. The molecule has 0 N–H and O–H groups in total. The summed E-state index contributed by atoms with van der Waals surface area (Å²) in [6.07, 6.45) is 21.1. The standard InChI is InChI=1S/C32H62O4/c1-7-9-11-18-22-26-35-30(33)24-20-16-14-13-15-17-21-25-32(28(3)4,29(5)6)31(34)36-27-23-19-12-10-8-2/h28-29H,7-27H2,1-6H3.